The molecule has 8 heteroatoms. The van der Waals surface area contributed by atoms with E-state index in [1.807, 2.05) is 17.5 Å². The van der Waals surface area contributed by atoms with Crippen LogP contribution >= 0.6 is 11.3 Å². The summed E-state index contributed by atoms with van der Waals surface area (Å²) in [5.41, 5.74) is 1.41. The molecular formula is C22H28N2O5S. The van der Waals surface area contributed by atoms with Gasteiger partial charge in [0.15, 0.2) is 0 Å². The molecule has 0 radical (unpaired) electrons. The van der Waals surface area contributed by atoms with Crippen molar-refractivity contribution < 1.29 is 23.9 Å². The number of carbonyl (C=O) groups excluding carboxylic acids is 3. The molecule has 2 N–H and O–H groups in total. The van der Waals surface area contributed by atoms with Crippen LogP contribution in [-0.2, 0) is 14.3 Å². The monoisotopic (exact) mass is 432 g/mol. The SMILES string of the molecule is COc1ccc(C(CC(=O)OC(C)C)NC(=O)CCCNC(=O)c2ccsc2)cc1. The number of hydrogen-bond acceptors (Lipinski definition) is 6. The Morgan fingerprint density at radius 1 is 1.10 bits per heavy atom. The summed E-state index contributed by atoms with van der Waals surface area (Å²) < 4.78 is 10.4. The van der Waals surface area contributed by atoms with Crippen LogP contribution in [0.5, 0.6) is 5.75 Å². The van der Waals surface area contributed by atoms with Crippen LogP contribution in [0, 0.1) is 0 Å². The first-order valence-electron chi connectivity index (χ1n) is 9.82. The molecule has 1 heterocycles. The molecule has 30 heavy (non-hydrogen) atoms. The maximum Gasteiger partial charge on any atom is 0.308 e. The molecule has 2 aromatic rings. The van der Waals surface area contributed by atoms with Gasteiger partial charge in [0, 0.05) is 23.9 Å². The summed E-state index contributed by atoms with van der Waals surface area (Å²) in [5, 5.41) is 9.31. The molecule has 1 aromatic carbocycles. The molecule has 162 valence electrons. The van der Waals surface area contributed by atoms with Crippen LogP contribution < -0.4 is 15.4 Å². The quantitative estimate of drug-likeness (QED) is 0.419. The van der Waals surface area contributed by atoms with Crippen LogP contribution in [0.1, 0.15) is 55.1 Å². The first-order chi connectivity index (χ1) is 14.4. The average Bonchev–Trinajstić information content (AvgIpc) is 3.25. The second-order valence-corrected chi connectivity index (χ2v) is 7.79. The van der Waals surface area contributed by atoms with E-state index in [0.29, 0.717) is 24.3 Å². The third kappa shape index (κ3) is 7.87. The highest BCUT2D eigenvalue weighted by molar-refractivity contribution is 7.08. The number of ether oxygens (including phenoxy) is 2. The number of esters is 1. The van der Waals surface area contributed by atoms with Gasteiger partial charge in [0.2, 0.25) is 5.91 Å². The Labute approximate surface area is 180 Å². The van der Waals surface area contributed by atoms with E-state index in [-0.39, 0.29) is 36.7 Å². The van der Waals surface area contributed by atoms with Crippen LogP contribution in [0.2, 0.25) is 0 Å². The molecule has 0 bridgehead atoms. The fourth-order valence-electron chi connectivity index (χ4n) is 2.78. The van der Waals surface area contributed by atoms with Gasteiger partial charge in [-0.25, -0.2) is 0 Å². The number of benzene rings is 1. The van der Waals surface area contributed by atoms with Gasteiger partial charge in [-0.15, -0.1) is 0 Å². The highest BCUT2D eigenvalue weighted by Gasteiger charge is 2.20. The number of hydrogen-bond donors (Lipinski definition) is 2. The number of methoxy groups -OCH3 is 1. The van der Waals surface area contributed by atoms with E-state index in [4.69, 9.17) is 9.47 Å². The summed E-state index contributed by atoms with van der Waals surface area (Å²) >= 11 is 1.46. The van der Waals surface area contributed by atoms with Crippen molar-refractivity contribution in [2.75, 3.05) is 13.7 Å². The lowest BCUT2D eigenvalue weighted by Gasteiger charge is -2.20. The third-order valence-corrected chi connectivity index (χ3v) is 4.92. The minimum Gasteiger partial charge on any atom is -0.497 e. The van der Waals surface area contributed by atoms with Crippen LogP contribution in [-0.4, -0.2) is 37.5 Å². The first kappa shape index (κ1) is 23.4. The van der Waals surface area contributed by atoms with Gasteiger partial charge in [-0.2, -0.15) is 11.3 Å². The lowest BCUT2D eigenvalue weighted by Crippen LogP contribution is -2.32. The standard InChI is InChI=1S/C22H28N2O5S/c1-15(2)29-21(26)13-19(16-6-8-18(28-3)9-7-16)24-20(25)5-4-11-23-22(27)17-10-12-30-14-17/h6-10,12,14-15,19H,4-5,11,13H2,1-3H3,(H,23,27)(H,24,25). The largest absolute Gasteiger partial charge is 0.497 e. The Morgan fingerprint density at radius 3 is 2.43 bits per heavy atom. The van der Waals surface area contributed by atoms with Gasteiger partial charge < -0.3 is 20.1 Å². The maximum atomic E-state index is 12.4. The Hall–Kier alpha value is -2.87. The van der Waals surface area contributed by atoms with Gasteiger partial charge in [-0.3, -0.25) is 14.4 Å². The van der Waals surface area contributed by atoms with Gasteiger partial charge in [0.05, 0.1) is 25.7 Å². The number of amides is 2. The fraction of sp³-hybridized carbons (Fsp3) is 0.409. The highest BCUT2D eigenvalue weighted by Crippen LogP contribution is 2.21. The molecule has 0 fully saturated rings. The Kier molecular flexibility index (Phi) is 9.34. The molecule has 1 atom stereocenters. The van der Waals surface area contributed by atoms with E-state index in [1.165, 1.54) is 11.3 Å². The van der Waals surface area contributed by atoms with Crippen molar-refractivity contribution in [3.63, 3.8) is 0 Å². The van der Waals surface area contributed by atoms with Gasteiger partial charge in [0.25, 0.3) is 5.91 Å². The van der Waals surface area contributed by atoms with E-state index >= 15 is 0 Å². The van der Waals surface area contributed by atoms with Gasteiger partial charge in [-0.1, -0.05) is 12.1 Å². The molecule has 7 nitrogen and oxygen atoms in total. The van der Waals surface area contributed by atoms with Crippen molar-refractivity contribution in [2.24, 2.45) is 0 Å². The van der Waals surface area contributed by atoms with Crippen molar-refractivity contribution in [3.05, 3.63) is 52.2 Å². The van der Waals surface area contributed by atoms with E-state index < -0.39 is 6.04 Å². The van der Waals surface area contributed by atoms with Crippen LogP contribution in [0.25, 0.3) is 0 Å². The summed E-state index contributed by atoms with van der Waals surface area (Å²) in [6.07, 6.45) is 0.533. The normalized spacial score (nSPS) is 11.6. The summed E-state index contributed by atoms with van der Waals surface area (Å²) in [7, 11) is 1.57. The average molecular weight is 433 g/mol. The summed E-state index contributed by atoms with van der Waals surface area (Å²) in [6.45, 7) is 3.96. The lowest BCUT2D eigenvalue weighted by molar-refractivity contribution is -0.148. The third-order valence-electron chi connectivity index (χ3n) is 4.24. The van der Waals surface area contributed by atoms with Crippen molar-refractivity contribution in [1.82, 2.24) is 10.6 Å². The Balaban J connectivity index is 1.88. The minimum absolute atomic E-state index is 0.0329. The molecule has 0 spiro atoms. The van der Waals surface area contributed by atoms with Gasteiger partial charge >= 0.3 is 5.97 Å². The molecule has 0 aliphatic carbocycles. The number of rotatable bonds is 11. The zero-order chi connectivity index (χ0) is 21.9. The van der Waals surface area contributed by atoms with Crippen molar-refractivity contribution in [2.45, 2.75) is 45.3 Å². The molecule has 0 saturated carbocycles. The molecule has 1 unspecified atom stereocenters. The number of carbonyl (C=O) groups is 3. The Morgan fingerprint density at radius 2 is 1.83 bits per heavy atom. The van der Waals surface area contributed by atoms with Crippen molar-refractivity contribution in [1.29, 1.82) is 0 Å². The summed E-state index contributed by atoms with van der Waals surface area (Å²) in [4.78, 5) is 36.5. The lowest BCUT2D eigenvalue weighted by atomic mass is 10.0. The zero-order valence-corrected chi connectivity index (χ0v) is 18.3. The number of thiophene rings is 1. The second-order valence-electron chi connectivity index (χ2n) is 7.01. The smallest absolute Gasteiger partial charge is 0.308 e. The van der Waals surface area contributed by atoms with E-state index in [9.17, 15) is 14.4 Å². The summed E-state index contributed by atoms with van der Waals surface area (Å²) in [5.74, 6) is -0.0359. The molecule has 2 rings (SSSR count). The highest BCUT2D eigenvalue weighted by atomic mass is 32.1. The molecule has 0 aliphatic rings. The molecule has 1 aromatic heterocycles. The van der Waals surface area contributed by atoms with Gasteiger partial charge in [-0.05, 0) is 49.4 Å². The van der Waals surface area contributed by atoms with E-state index in [0.717, 1.165) is 5.56 Å². The zero-order valence-electron chi connectivity index (χ0n) is 17.5. The minimum atomic E-state index is -0.505. The van der Waals surface area contributed by atoms with Crippen molar-refractivity contribution >= 4 is 29.1 Å². The molecule has 0 saturated heterocycles. The van der Waals surface area contributed by atoms with E-state index in [1.54, 1.807) is 44.5 Å². The van der Waals surface area contributed by atoms with Crippen LogP contribution in [0.15, 0.2) is 41.1 Å². The molecule has 0 aliphatic heterocycles. The topological polar surface area (TPSA) is 93.7 Å². The maximum absolute atomic E-state index is 12.4. The van der Waals surface area contributed by atoms with Gasteiger partial charge in [0.1, 0.15) is 5.75 Å². The molecular weight excluding hydrogens is 404 g/mol. The van der Waals surface area contributed by atoms with Crippen molar-refractivity contribution in [3.8, 4) is 5.75 Å². The summed E-state index contributed by atoms with van der Waals surface area (Å²) in [6, 6.07) is 8.43. The molecule has 2 amide bonds. The predicted octanol–water partition coefficient (Wildman–Crippen LogP) is 3.47. The van der Waals surface area contributed by atoms with Crippen LogP contribution in [0.4, 0.5) is 0 Å². The predicted molar refractivity (Wildman–Crippen MR) is 116 cm³/mol. The number of nitrogens with one attached hydrogen (secondary N) is 2. The fourth-order valence-corrected chi connectivity index (χ4v) is 3.42. The van der Waals surface area contributed by atoms with Crippen LogP contribution in [0.3, 0.4) is 0 Å². The second kappa shape index (κ2) is 12.0. The van der Waals surface area contributed by atoms with E-state index in [2.05, 4.69) is 10.6 Å². The Bertz CT molecular complexity index is 819. The first-order valence-corrected chi connectivity index (χ1v) is 10.8.